The number of aliphatic hydroxyl groups is 2. The number of Topliss-reactive ketones (excluding diaryl/α,β-unsaturated/α-hetero) is 2. The summed E-state index contributed by atoms with van der Waals surface area (Å²) in [4.78, 5) is 23.3. The fourth-order valence-corrected chi connectivity index (χ4v) is 2.09. The number of hydrogen-bond acceptors (Lipinski definition) is 4. The summed E-state index contributed by atoms with van der Waals surface area (Å²) >= 11 is 0. The minimum absolute atomic E-state index is 0. The van der Waals surface area contributed by atoms with Crippen LogP contribution in [0.3, 0.4) is 0 Å². The minimum Gasteiger partial charge on any atom is -0.412 e. The van der Waals surface area contributed by atoms with Crippen LogP contribution in [0.15, 0.2) is 36.4 Å². The summed E-state index contributed by atoms with van der Waals surface area (Å²) in [7, 11) is 0. The van der Waals surface area contributed by atoms with E-state index in [2.05, 4.69) is 0 Å². The van der Waals surface area contributed by atoms with E-state index in [1.165, 1.54) is 12.1 Å². The lowest BCUT2D eigenvalue weighted by Crippen LogP contribution is -2.40. The van der Waals surface area contributed by atoms with E-state index in [4.69, 9.17) is 0 Å². The van der Waals surface area contributed by atoms with E-state index in [0.717, 1.165) is 10.8 Å². The Labute approximate surface area is 102 Å². The molecule has 5 heteroatoms. The van der Waals surface area contributed by atoms with Gasteiger partial charge in [0, 0.05) is 11.1 Å². The summed E-state index contributed by atoms with van der Waals surface area (Å²) in [6.45, 7) is 0. The van der Waals surface area contributed by atoms with Crippen molar-refractivity contribution in [1.82, 2.24) is 0 Å². The summed E-state index contributed by atoms with van der Waals surface area (Å²) in [5.41, 5.74) is 0.136. The number of hydrogen-bond donors (Lipinski definition) is 2. The Kier molecular flexibility index (Phi) is 2.55. The van der Waals surface area contributed by atoms with Gasteiger partial charge in [-0.2, -0.15) is 0 Å². The van der Waals surface area contributed by atoms with E-state index >= 15 is 0 Å². The van der Waals surface area contributed by atoms with Gasteiger partial charge in [-0.1, -0.05) is 24.3 Å². The Balaban J connectivity index is 0.00000120. The van der Waals surface area contributed by atoms with Crippen LogP contribution in [-0.2, 0) is 0 Å². The minimum atomic E-state index is -2.90. The molecule has 18 heavy (non-hydrogen) atoms. The van der Waals surface area contributed by atoms with Crippen LogP contribution in [0.5, 0.6) is 0 Å². The highest BCUT2D eigenvalue weighted by Crippen LogP contribution is 2.31. The summed E-state index contributed by atoms with van der Waals surface area (Å²) in [5, 5.41) is 20.4. The smallest absolute Gasteiger partial charge is 0.295 e. The highest BCUT2D eigenvalue weighted by atomic mass is 16.5. The predicted molar refractivity (Wildman–Crippen MR) is 63.4 cm³/mol. The molecule has 4 N–H and O–H groups in total. The molecular formula is C13H10O5. The summed E-state index contributed by atoms with van der Waals surface area (Å²) < 4.78 is 0. The molecule has 3 rings (SSSR count). The van der Waals surface area contributed by atoms with Crippen LogP contribution in [-0.4, -0.2) is 33.0 Å². The molecule has 0 spiro atoms. The highest BCUT2D eigenvalue weighted by molar-refractivity contribution is 6.31. The number of carbonyl (C=O) groups is 2. The zero-order valence-corrected chi connectivity index (χ0v) is 9.18. The average Bonchev–Trinajstić information content (AvgIpc) is 2.49. The lowest BCUT2D eigenvalue weighted by atomic mass is 10.0. The van der Waals surface area contributed by atoms with Gasteiger partial charge in [-0.05, 0) is 22.9 Å². The van der Waals surface area contributed by atoms with E-state index in [1.807, 2.05) is 0 Å². The topological polar surface area (TPSA) is 106 Å². The van der Waals surface area contributed by atoms with Crippen LogP contribution in [0.2, 0.25) is 0 Å². The maximum atomic E-state index is 11.7. The molecule has 0 aliphatic heterocycles. The largest absolute Gasteiger partial charge is 0.412 e. The first kappa shape index (κ1) is 12.4. The van der Waals surface area contributed by atoms with Gasteiger partial charge >= 0.3 is 0 Å². The fourth-order valence-electron chi connectivity index (χ4n) is 2.09. The van der Waals surface area contributed by atoms with Crippen LogP contribution in [0.1, 0.15) is 20.7 Å². The maximum absolute atomic E-state index is 11.7. The zero-order chi connectivity index (χ0) is 12.2. The lowest BCUT2D eigenvalue weighted by molar-refractivity contribution is -0.0857. The Bertz CT molecular complexity index is 616. The monoisotopic (exact) mass is 246 g/mol. The first-order chi connectivity index (χ1) is 8.01. The molecular weight excluding hydrogens is 236 g/mol. The van der Waals surface area contributed by atoms with E-state index in [9.17, 15) is 19.8 Å². The Morgan fingerprint density at radius 1 is 0.833 bits per heavy atom. The van der Waals surface area contributed by atoms with E-state index < -0.39 is 17.4 Å². The van der Waals surface area contributed by atoms with Crippen LogP contribution >= 0.6 is 0 Å². The summed E-state index contributed by atoms with van der Waals surface area (Å²) in [5.74, 6) is -4.81. The Morgan fingerprint density at radius 2 is 1.22 bits per heavy atom. The van der Waals surface area contributed by atoms with E-state index in [-0.39, 0.29) is 16.6 Å². The first-order valence-corrected chi connectivity index (χ1v) is 5.09. The van der Waals surface area contributed by atoms with Crippen molar-refractivity contribution in [3.8, 4) is 0 Å². The second kappa shape index (κ2) is 3.71. The molecule has 0 saturated heterocycles. The summed E-state index contributed by atoms with van der Waals surface area (Å²) in [6, 6.07) is 10.2. The van der Waals surface area contributed by atoms with Crippen molar-refractivity contribution in [3.63, 3.8) is 0 Å². The van der Waals surface area contributed by atoms with Gasteiger partial charge in [0.2, 0.25) is 11.6 Å². The van der Waals surface area contributed by atoms with Gasteiger partial charge in [-0.3, -0.25) is 9.59 Å². The number of rotatable bonds is 0. The van der Waals surface area contributed by atoms with Gasteiger partial charge in [-0.15, -0.1) is 0 Å². The molecule has 92 valence electrons. The highest BCUT2D eigenvalue weighted by Gasteiger charge is 2.50. The SMILES string of the molecule is O.O=C1c2cc3ccccc3cc2C(=O)C1(O)O. The molecule has 0 radical (unpaired) electrons. The molecule has 0 unspecified atom stereocenters. The molecule has 1 aliphatic rings. The second-order valence-corrected chi connectivity index (χ2v) is 4.08. The molecule has 5 nitrogen and oxygen atoms in total. The Morgan fingerprint density at radius 3 is 1.61 bits per heavy atom. The standard InChI is InChI=1S/C13H8O4.H2O/c14-11-9-5-7-3-1-2-4-8(7)6-10(9)12(15)13(11,16)17;/h1-6,16-17H;1H2. The van der Waals surface area contributed by atoms with Crippen LogP contribution in [0.4, 0.5) is 0 Å². The number of benzene rings is 2. The third-order valence-electron chi connectivity index (χ3n) is 3.01. The third kappa shape index (κ3) is 1.39. The van der Waals surface area contributed by atoms with Crippen molar-refractivity contribution in [2.75, 3.05) is 0 Å². The molecule has 0 atom stereocenters. The van der Waals surface area contributed by atoms with Crippen molar-refractivity contribution in [2.24, 2.45) is 0 Å². The number of ketones is 2. The first-order valence-electron chi connectivity index (χ1n) is 5.09. The fraction of sp³-hybridized carbons (Fsp3) is 0.0769. The lowest BCUT2D eigenvalue weighted by Gasteiger charge is -2.08. The van der Waals surface area contributed by atoms with Gasteiger partial charge in [0.05, 0.1) is 0 Å². The molecule has 0 aromatic heterocycles. The molecule has 1 aliphatic carbocycles. The number of fused-ring (bicyclic) bond motifs is 2. The van der Waals surface area contributed by atoms with Crippen LogP contribution < -0.4 is 0 Å². The average molecular weight is 246 g/mol. The number of carbonyl (C=O) groups excluding carboxylic acids is 2. The van der Waals surface area contributed by atoms with Gasteiger partial charge < -0.3 is 15.7 Å². The quantitative estimate of drug-likeness (QED) is 0.507. The van der Waals surface area contributed by atoms with Crippen LogP contribution in [0.25, 0.3) is 10.8 Å². The molecule has 2 aromatic rings. The van der Waals surface area contributed by atoms with Crippen molar-refractivity contribution >= 4 is 22.3 Å². The van der Waals surface area contributed by atoms with E-state index in [0.29, 0.717) is 0 Å². The van der Waals surface area contributed by atoms with Gasteiger partial charge in [-0.25, -0.2) is 0 Å². The Hall–Kier alpha value is -2.08. The molecule has 0 bridgehead atoms. The molecule has 0 amide bonds. The molecule has 0 fully saturated rings. The van der Waals surface area contributed by atoms with E-state index in [1.54, 1.807) is 24.3 Å². The molecule has 0 saturated carbocycles. The molecule has 0 heterocycles. The van der Waals surface area contributed by atoms with Gasteiger partial charge in [0.15, 0.2) is 0 Å². The van der Waals surface area contributed by atoms with Crippen molar-refractivity contribution in [2.45, 2.75) is 5.79 Å². The van der Waals surface area contributed by atoms with Crippen molar-refractivity contribution < 1.29 is 25.3 Å². The third-order valence-corrected chi connectivity index (χ3v) is 3.01. The predicted octanol–water partition coefficient (Wildman–Crippen LogP) is 0.0750. The zero-order valence-electron chi connectivity index (χ0n) is 9.18. The van der Waals surface area contributed by atoms with Crippen molar-refractivity contribution in [3.05, 3.63) is 47.5 Å². The van der Waals surface area contributed by atoms with Crippen LogP contribution in [0, 0.1) is 0 Å². The van der Waals surface area contributed by atoms with Gasteiger partial charge in [0.1, 0.15) is 0 Å². The molecule has 2 aromatic carbocycles. The van der Waals surface area contributed by atoms with Crippen molar-refractivity contribution in [1.29, 1.82) is 0 Å². The summed E-state index contributed by atoms with van der Waals surface area (Å²) in [6.07, 6.45) is 0. The van der Waals surface area contributed by atoms with Gasteiger partial charge in [0.25, 0.3) is 5.79 Å². The maximum Gasteiger partial charge on any atom is 0.295 e. The normalized spacial score (nSPS) is 16.6. The second-order valence-electron chi connectivity index (χ2n) is 4.08.